The Kier molecular flexibility index (Phi) is 6.44. The Labute approximate surface area is 205 Å². The number of hydrogen-bond donors (Lipinski definition) is 2. The Hall–Kier alpha value is -2.71. The van der Waals surface area contributed by atoms with Crippen molar-refractivity contribution < 1.29 is 4.74 Å². The lowest BCUT2D eigenvalue weighted by molar-refractivity contribution is 0.0176. The van der Waals surface area contributed by atoms with Gasteiger partial charge < -0.3 is 9.72 Å². The summed E-state index contributed by atoms with van der Waals surface area (Å²) in [6.07, 6.45) is 5.56. The van der Waals surface area contributed by atoms with Gasteiger partial charge in [0.25, 0.3) is 0 Å². The van der Waals surface area contributed by atoms with Crippen molar-refractivity contribution in [2.45, 2.75) is 32.2 Å². The number of nitrogens with one attached hydrogen (secondary N) is 2. The molecule has 4 heterocycles. The molecule has 2 aromatic carbocycles. The molecule has 2 aliphatic heterocycles. The quantitative estimate of drug-likeness (QED) is 0.438. The van der Waals surface area contributed by atoms with Crippen molar-refractivity contribution in [3.8, 4) is 11.1 Å². The van der Waals surface area contributed by atoms with Crippen molar-refractivity contribution in [3.63, 3.8) is 0 Å². The number of nitrogens with zero attached hydrogens (tertiary/aromatic N) is 4. The number of rotatable bonds is 5. The van der Waals surface area contributed by atoms with Gasteiger partial charge in [-0.3, -0.25) is 19.9 Å². The molecule has 1 saturated heterocycles. The summed E-state index contributed by atoms with van der Waals surface area (Å²) in [5.41, 5.74) is 5.52. The second-order valence-corrected chi connectivity index (χ2v) is 9.40. The van der Waals surface area contributed by atoms with Crippen molar-refractivity contribution in [1.29, 1.82) is 0 Å². The fraction of sp³-hybridized carbons (Fsp3) is 0.385. The van der Waals surface area contributed by atoms with Gasteiger partial charge in [-0.2, -0.15) is 5.10 Å². The maximum absolute atomic E-state index is 6.44. The van der Waals surface area contributed by atoms with Gasteiger partial charge in [-0.25, -0.2) is 0 Å². The number of aromatic amines is 2. The summed E-state index contributed by atoms with van der Waals surface area (Å²) in [6, 6.07) is 13.5. The van der Waals surface area contributed by atoms with E-state index in [9.17, 15) is 0 Å². The molecule has 34 heavy (non-hydrogen) atoms. The molecular weight excluding hydrogens is 448 g/mol. The molecule has 2 N–H and O–H groups in total. The van der Waals surface area contributed by atoms with E-state index in [1.807, 2.05) is 18.6 Å². The van der Waals surface area contributed by atoms with Crippen molar-refractivity contribution in [3.05, 3.63) is 54.4 Å². The van der Waals surface area contributed by atoms with Gasteiger partial charge in [-0.05, 0) is 49.2 Å². The second-order valence-electron chi connectivity index (χ2n) is 9.40. The van der Waals surface area contributed by atoms with Crippen LogP contribution in [0, 0.1) is 0 Å². The Bertz CT molecular complexity index is 1300. The second kappa shape index (κ2) is 9.50. The highest BCUT2D eigenvalue weighted by atomic mass is 35.5. The number of aliphatic imine (C=N–C) groups is 1. The molecule has 2 atom stereocenters. The molecule has 0 aliphatic carbocycles. The molecule has 6 rings (SSSR count). The summed E-state index contributed by atoms with van der Waals surface area (Å²) in [4.78, 5) is 13.1. The molecule has 178 valence electrons. The topological polar surface area (TPSA) is 72.5 Å². The van der Waals surface area contributed by atoms with Gasteiger partial charge in [0, 0.05) is 73.0 Å². The fourth-order valence-corrected chi connectivity index (χ4v) is 5.15. The first-order valence-electron chi connectivity index (χ1n) is 11.8. The number of piperazine rings is 1. The number of aromatic nitrogens is 3. The van der Waals surface area contributed by atoms with Crippen molar-refractivity contribution in [2.24, 2.45) is 4.99 Å². The van der Waals surface area contributed by atoms with Crippen molar-refractivity contribution in [1.82, 2.24) is 25.0 Å². The third-order valence-electron chi connectivity index (χ3n) is 7.03. The van der Waals surface area contributed by atoms with Crippen LogP contribution in [0.1, 0.15) is 25.6 Å². The minimum absolute atomic E-state index is 0. The van der Waals surface area contributed by atoms with Gasteiger partial charge in [0.2, 0.25) is 0 Å². The molecular formula is C26H31ClN6O. The lowest BCUT2D eigenvalue weighted by Gasteiger charge is -2.37. The Morgan fingerprint density at radius 3 is 2.74 bits per heavy atom. The molecule has 0 saturated carbocycles. The first-order chi connectivity index (χ1) is 16.2. The average Bonchev–Trinajstić information content (AvgIpc) is 3.59. The van der Waals surface area contributed by atoms with Crippen LogP contribution in [0.2, 0.25) is 0 Å². The zero-order chi connectivity index (χ0) is 22.4. The highest BCUT2D eigenvalue weighted by Crippen LogP contribution is 2.36. The van der Waals surface area contributed by atoms with E-state index in [0.29, 0.717) is 6.04 Å². The maximum Gasteiger partial charge on any atom is 0.175 e. The Balaban J connectivity index is 0.00000241. The summed E-state index contributed by atoms with van der Waals surface area (Å²) >= 11 is 0. The van der Waals surface area contributed by atoms with Crippen LogP contribution in [0.3, 0.4) is 0 Å². The molecule has 2 unspecified atom stereocenters. The van der Waals surface area contributed by atoms with Crippen molar-refractivity contribution >= 4 is 40.4 Å². The molecule has 0 bridgehead atoms. The lowest BCUT2D eigenvalue weighted by atomic mass is 9.97. The van der Waals surface area contributed by atoms with Crippen LogP contribution in [0.15, 0.2) is 53.8 Å². The fourth-order valence-electron chi connectivity index (χ4n) is 5.15. The van der Waals surface area contributed by atoms with Crippen LogP contribution < -0.4 is 0 Å². The molecule has 7 nitrogen and oxygen atoms in total. The van der Waals surface area contributed by atoms with E-state index in [4.69, 9.17) is 9.73 Å². The summed E-state index contributed by atoms with van der Waals surface area (Å²) < 4.78 is 6.44. The van der Waals surface area contributed by atoms with Gasteiger partial charge in [0.05, 0.1) is 11.7 Å². The number of fused-ring (bicyclic) bond motifs is 2. The summed E-state index contributed by atoms with van der Waals surface area (Å²) in [5, 5.41) is 9.72. The number of H-pyrrole nitrogens is 2. The van der Waals surface area contributed by atoms with Gasteiger partial charge >= 0.3 is 0 Å². The number of benzene rings is 2. The highest BCUT2D eigenvalue weighted by molar-refractivity contribution is 5.98. The van der Waals surface area contributed by atoms with E-state index in [1.165, 1.54) is 10.9 Å². The monoisotopic (exact) mass is 478 g/mol. The van der Waals surface area contributed by atoms with E-state index in [0.717, 1.165) is 60.3 Å². The minimum atomic E-state index is -0.308. The SMILES string of the molecule is CC(C)N1CCN(CC2C=NC(c3cc(-c4cccc5[nH]ccc45)cc4[nH]ncc34)O2)CC1.Cl. The largest absolute Gasteiger partial charge is 0.361 e. The van der Waals surface area contributed by atoms with Gasteiger partial charge in [-0.15, -0.1) is 12.4 Å². The Morgan fingerprint density at radius 1 is 1.06 bits per heavy atom. The zero-order valence-electron chi connectivity index (χ0n) is 19.6. The molecule has 2 aromatic heterocycles. The smallest absolute Gasteiger partial charge is 0.175 e. The van der Waals surface area contributed by atoms with E-state index in [1.54, 1.807) is 0 Å². The average molecular weight is 479 g/mol. The predicted octanol–water partition coefficient (Wildman–Crippen LogP) is 4.63. The van der Waals surface area contributed by atoms with Crippen LogP contribution in [0.5, 0.6) is 0 Å². The Morgan fingerprint density at radius 2 is 1.91 bits per heavy atom. The standard InChI is InChI=1S/C26H30N6O.ClH/c1-17(2)32-10-8-31(9-11-32)16-19-14-28-26(33-19)22-12-18(13-25-23(22)15-29-30-25)20-4-3-5-24-21(20)6-7-27-24;/h3-7,12-15,17,19,26-27H,8-11,16H2,1-2H3,(H,29,30);1H. The maximum atomic E-state index is 6.44. The first kappa shape index (κ1) is 23.1. The third-order valence-corrected chi connectivity index (χ3v) is 7.03. The van der Waals surface area contributed by atoms with E-state index < -0.39 is 0 Å². The van der Waals surface area contributed by atoms with Gasteiger partial charge in [-0.1, -0.05) is 12.1 Å². The summed E-state index contributed by atoms with van der Waals surface area (Å²) in [6.45, 7) is 9.84. The van der Waals surface area contributed by atoms with Crippen LogP contribution in [-0.2, 0) is 4.74 Å². The van der Waals surface area contributed by atoms with Crippen LogP contribution in [-0.4, -0.2) is 76.1 Å². The normalized spacial score (nSPS) is 21.6. The van der Waals surface area contributed by atoms with Crippen molar-refractivity contribution in [2.75, 3.05) is 32.7 Å². The summed E-state index contributed by atoms with van der Waals surface area (Å²) in [5.74, 6) is 0. The van der Waals surface area contributed by atoms with Crippen LogP contribution in [0.4, 0.5) is 0 Å². The number of hydrogen-bond acceptors (Lipinski definition) is 5. The van der Waals surface area contributed by atoms with Gasteiger partial charge in [0.1, 0.15) is 6.10 Å². The van der Waals surface area contributed by atoms with Crippen LogP contribution >= 0.6 is 12.4 Å². The predicted molar refractivity (Wildman–Crippen MR) is 140 cm³/mol. The molecule has 4 aromatic rings. The molecule has 0 spiro atoms. The van der Waals surface area contributed by atoms with Gasteiger partial charge in [0.15, 0.2) is 6.23 Å². The highest BCUT2D eigenvalue weighted by Gasteiger charge is 2.28. The molecule has 0 amide bonds. The van der Waals surface area contributed by atoms with E-state index in [-0.39, 0.29) is 24.7 Å². The molecule has 8 heteroatoms. The molecule has 0 radical (unpaired) electrons. The zero-order valence-corrected chi connectivity index (χ0v) is 20.4. The number of halogens is 1. The van der Waals surface area contributed by atoms with E-state index in [2.05, 4.69) is 75.2 Å². The first-order valence-corrected chi connectivity index (χ1v) is 11.8. The summed E-state index contributed by atoms with van der Waals surface area (Å²) in [7, 11) is 0. The molecule has 1 fully saturated rings. The number of ether oxygens (including phenoxy) is 1. The van der Waals surface area contributed by atoms with Crippen LogP contribution in [0.25, 0.3) is 32.9 Å². The lowest BCUT2D eigenvalue weighted by Crippen LogP contribution is -2.50. The third kappa shape index (κ3) is 4.25. The van der Waals surface area contributed by atoms with E-state index >= 15 is 0 Å². The molecule has 2 aliphatic rings. The minimum Gasteiger partial charge on any atom is -0.361 e.